The molecule has 0 fully saturated rings. The zero-order valence-corrected chi connectivity index (χ0v) is 7.32. The summed E-state index contributed by atoms with van der Waals surface area (Å²) in [6, 6.07) is 7.28. The summed E-state index contributed by atoms with van der Waals surface area (Å²) in [4.78, 5) is 22.0. The van der Waals surface area contributed by atoms with E-state index in [1.165, 1.54) is 24.3 Å². The van der Waals surface area contributed by atoms with Crippen molar-refractivity contribution in [3.63, 3.8) is 0 Å². The van der Waals surface area contributed by atoms with Crippen molar-refractivity contribution < 1.29 is 9.53 Å². The first-order valence-corrected chi connectivity index (χ1v) is 4.01. The number of hydrogen-bond donors (Lipinski definition) is 0. The predicted octanol–water partition coefficient (Wildman–Crippen LogP) is 1.22. The lowest BCUT2D eigenvalue weighted by Crippen LogP contribution is -2.03. The Morgan fingerprint density at radius 3 is 2.77 bits per heavy atom. The van der Waals surface area contributed by atoms with Gasteiger partial charge in [-0.3, -0.25) is 4.79 Å². The SMILES string of the molecule is CCOC(=O)c1cccc(=O)cc1. The van der Waals surface area contributed by atoms with Gasteiger partial charge in [0.25, 0.3) is 0 Å². The lowest BCUT2D eigenvalue weighted by atomic mass is 10.3. The number of rotatable bonds is 2. The third kappa shape index (κ3) is 2.71. The van der Waals surface area contributed by atoms with Crippen LogP contribution in [0.1, 0.15) is 17.3 Å². The predicted molar refractivity (Wildman–Crippen MR) is 48.7 cm³/mol. The first-order chi connectivity index (χ1) is 6.24. The highest BCUT2D eigenvalue weighted by atomic mass is 16.5. The second-order valence-corrected chi connectivity index (χ2v) is 2.44. The zero-order chi connectivity index (χ0) is 9.68. The van der Waals surface area contributed by atoms with Gasteiger partial charge in [0.15, 0.2) is 5.43 Å². The average Bonchev–Trinajstić information content (AvgIpc) is 2.30. The van der Waals surface area contributed by atoms with E-state index in [0.29, 0.717) is 12.2 Å². The van der Waals surface area contributed by atoms with E-state index < -0.39 is 5.97 Å². The molecule has 1 aromatic carbocycles. The highest BCUT2D eigenvalue weighted by molar-refractivity contribution is 5.89. The molecule has 1 rings (SSSR count). The van der Waals surface area contributed by atoms with Crippen LogP contribution in [0.3, 0.4) is 0 Å². The van der Waals surface area contributed by atoms with Gasteiger partial charge in [-0.1, -0.05) is 6.07 Å². The van der Waals surface area contributed by atoms with E-state index in [2.05, 4.69) is 0 Å². The molecule has 0 unspecified atom stereocenters. The molecule has 13 heavy (non-hydrogen) atoms. The minimum absolute atomic E-state index is 0.129. The van der Waals surface area contributed by atoms with E-state index in [9.17, 15) is 9.59 Å². The number of carbonyl (C=O) groups is 1. The third-order valence-corrected chi connectivity index (χ3v) is 1.47. The molecule has 3 nitrogen and oxygen atoms in total. The zero-order valence-electron chi connectivity index (χ0n) is 7.32. The summed E-state index contributed by atoms with van der Waals surface area (Å²) in [6.45, 7) is 2.07. The molecule has 0 saturated heterocycles. The highest BCUT2D eigenvalue weighted by Crippen LogP contribution is 1.97. The summed E-state index contributed by atoms with van der Waals surface area (Å²) in [5.41, 5.74) is 0.263. The normalized spacial score (nSPS) is 9.31. The van der Waals surface area contributed by atoms with Gasteiger partial charge in [-0.15, -0.1) is 0 Å². The fourth-order valence-electron chi connectivity index (χ4n) is 0.880. The Bertz CT molecular complexity index is 357. The number of ether oxygens (including phenoxy) is 1. The van der Waals surface area contributed by atoms with Crippen molar-refractivity contribution in [2.24, 2.45) is 0 Å². The van der Waals surface area contributed by atoms with Gasteiger partial charge in [0.05, 0.1) is 12.2 Å². The first-order valence-electron chi connectivity index (χ1n) is 4.01. The largest absolute Gasteiger partial charge is 0.462 e. The molecule has 3 heteroatoms. The van der Waals surface area contributed by atoms with Gasteiger partial charge in [0.2, 0.25) is 0 Å². The molecule has 0 bridgehead atoms. The summed E-state index contributed by atoms with van der Waals surface area (Å²) in [6.07, 6.45) is 0. The van der Waals surface area contributed by atoms with E-state index >= 15 is 0 Å². The third-order valence-electron chi connectivity index (χ3n) is 1.47. The Morgan fingerprint density at radius 1 is 1.31 bits per heavy atom. The lowest BCUT2D eigenvalue weighted by Gasteiger charge is -1.97. The molecule has 0 aromatic heterocycles. The van der Waals surface area contributed by atoms with Gasteiger partial charge in [0, 0.05) is 0 Å². The first kappa shape index (κ1) is 9.45. The second kappa shape index (κ2) is 4.40. The maximum Gasteiger partial charge on any atom is 0.338 e. The fraction of sp³-hybridized carbons (Fsp3) is 0.200. The maximum atomic E-state index is 11.2. The second-order valence-electron chi connectivity index (χ2n) is 2.44. The molecule has 0 aliphatic carbocycles. The summed E-state index contributed by atoms with van der Waals surface area (Å²) >= 11 is 0. The van der Waals surface area contributed by atoms with Gasteiger partial charge in [-0.05, 0) is 31.2 Å². The quantitative estimate of drug-likeness (QED) is 0.639. The molecule has 0 aliphatic rings. The van der Waals surface area contributed by atoms with Gasteiger partial charge >= 0.3 is 5.97 Å². The van der Waals surface area contributed by atoms with Crippen molar-refractivity contribution in [2.75, 3.05) is 6.61 Å². The molecule has 0 N–H and O–H groups in total. The molecule has 0 aliphatic heterocycles. The van der Waals surface area contributed by atoms with Crippen LogP contribution in [0, 0.1) is 0 Å². The van der Waals surface area contributed by atoms with Crippen molar-refractivity contribution in [1.82, 2.24) is 0 Å². The van der Waals surface area contributed by atoms with Crippen LogP contribution in [0.4, 0.5) is 0 Å². The van der Waals surface area contributed by atoms with Gasteiger partial charge in [-0.25, -0.2) is 4.79 Å². The molecule has 0 saturated carbocycles. The van der Waals surface area contributed by atoms with Gasteiger partial charge in [-0.2, -0.15) is 0 Å². The molecular weight excluding hydrogens is 168 g/mol. The van der Waals surface area contributed by atoms with Crippen molar-refractivity contribution in [1.29, 1.82) is 0 Å². The van der Waals surface area contributed by atoms with E-state index in [0.717, 1.165) is 0 Å². The topological polar surface area (TPSA) is 43.4 Å². The van der Waals surface area contributed by atoms with Crippen LogP contribution in [0.2, 0.25) is 0 Å². The monoisotopic (exact) mass is 178 g/mol. The van der Waals surface area contributed by atoms with E-state index in [-0.39, 0.29) is 5.43 Å². The van der Waals surface area contributed by atoms with Crippen LogP contribution in [0.5, 0.6) is 0 Å². The Morgan fingerprint density at radius 2 is 2.08 bits per heavy atom. The summed E-state index contributed by atoms with van der Waals surface area (Å²) < 4.78 is 4.77. The van der Waals surface area contributed by atoms with Crippen LogP contribution in [0.15, 0.2) is 35.1 Å². The standard InChI is InChI=1S/C10H10O3/c1-2-13-10(12)8-4-3-5-9(11)7-6-8/h3-7H,2H2,1H3. The Hall–Kier alpha value is -1.64. The van der Waals surface area contributed by atoms with Gasteiger partial charge < -0.3 is 4.74 Å². The molecule has 0 spiro atoms. The number of esters is 1. The molecule has 1 aromatic rings. The molecule has 0 radical (unpaired) electrons. The van der Waals surface area contributed by atoms with Crippen LogP contribution in [0.25, 0.3) is 0 Å². The summed E-state index contributed by atoms with van der Waals surface area (Å²) in [5, 5.41) is 0. The summed E-state index contributed by atoms with van der Waals surface area (Å²) in [5.74, 6) is -0.405. The molecule has 68 valence electrons. The van der Waals surface area contributed by atoms with Crippen molar-refractivity contribution >= 4 is 5.97 Å². The van der Waals surface area contributed by atoms with Crippen molar-refractivity contribution in [3.8, 4) is 0 Å². The Balaban J connectivity index is 2.97. The summed E-state index contributed by atoms with van der Waals surface area (Å²) in [7, 11) is 0. The maximum absolute atomic E-state index is 11.2. The van der Waals surface area contributed by atoms with Crippen LogP contribution in [-0.2, 0) is 4.74 Å². The van der Waals surface area contributed by atoms with Crippen LogP contribution >= 0.6 is 0 Å². The van der Waals surface area contributed by atoms with Crippen LogP contribution < -0.4 is 5.43 Å². The fourth-order valence-corrected chi connectivity index (χ4v) is 0.880. The smallest absolute Gasteiger partial charge is 0.338 e. The van der Waals surface area contributed by atoms with E-state index in [1.54, 1.807) is 13.0 Å². The lowest BCUT2D eigenvalue weighted by molar-refractivity contribution is 0.0526. The number of hydrogen-bond acceptors (Lipinski definition) is 3. The molecule has 0 atom stereocenters. The highest BCUT2D eigenvalue weighted by Gasteiger charge is 2.02. The molecule has 0 heterocycles. The van der Waals surface area contributed by atoms with E-state index in [4.69, 9.17) is 4.74 Å². The van der Waals surface area contributed by atoms with Crippen molar-refractivity contribution in [3.05, 3.63) is 46.1 Å². The van der Waals surface area contributed by atoms with Crippen molar-refractivity contribution in [2.45, 2.75) is 6.92 Å². The Kier molecular flexibility index (Phi) is 3.20. The minimum Gasteiger partial charge on any atom is -0.462 e. The van der Waals surface area contributed by atoms with Crippen LogP contribution in [-0.4, -0.2) is 12.6 Å². The Labute approximate surface area is 76.0 Å². The molecule has 0 amide bonds. The minimum atomic E-state index is -0.405. The van der Waals surface area contributed by atoms with E-state index in [1.807, 2.05) is 0 Å². The number of carbonyl (C=O) groups excluding carboxylic acids is 1. The van der Waals surface area contributed by atoms with Gasteiger partial charge in [0.1, 0.15) is 0 Å². The average molecular weight is 178 g/mol. The molecular formula is C10H10O3.